The van der Waals surface area contributed by atoms with E-state index in [9.17, 15) is 0 Å². The van der Waals surface area contributed by atoms with Crippen LogP contribution in [-0.2, 0) is 4.74 Å². The van der Waals surface area contributed by atoms with Crippen LogP contribution in [-0.4, -0.2) is 51.1 Å². The van der Waals surface area contributed by atoms with Crippen LogP contribution in [0.2, 0.25) is 0 Å². The molecular weight excluding hydrogens is 152 g/mol. The van der Waals surface area contributed by atoms with Crippen molar-refractivity contribution in [2.24, 2.45) is 0 Å². The second-order valence-electron chi connectivity index (χ2n) is 2.70. The van der Waals surface area contributed by atoms with Gasteiger partial charge in [0.05, 0.1) is 6.10 Å². The zero-order valence-corrected chi connectivity index (χ0v) is 6.08. The highest BCUT2D eigenvalue weighted by molar-refractivity contribution is 4.86. The van der Waals surface area contributed by atoms with E-state index >= 15 is 0 Å². The first kappa shape index (κ1) is 8.89. The molecule has 1 saturated heterocycles. The topological polar surface area (TPSA) is 90.2 Å². The Morgan fingerprint density at radius 1 is 0.909 bits per heavy atom. The maximum Gasteiger partial charge on any atom is 0.183 e. The molecule has 5 heteroatoms. The molecule has 1 aliphatic rings. The molecule has 1 rings (SSSR count). The molecule has 5 atom stereocenters. The molecule has 11 heavy (non-hydrogen) atoms. The maximum absolute atomic E-state index is 9.09. The van der Waals surface area contributed by atoms with E-state index in [0.29, 0.717) is 0 Å². The van der Waals surface area contributed by atoms with Crippen molar-refractivity contribution in [2.45, 2.75) is 37.6 Å². The summed E-state index contributed by atoms with van der Waals surface area (Å²) in [6.45, 7) is 1.50. The van der Waals surface area contributed by atoms with Crippen molar-refractivity contribution in [2.75, 3.05) is 0 Å². The van der Waals surface area contributed by atoms with Crippen LogP contribution >= 0.6 is 0 Å². The van der Waals surface area contributed by atoms with Crippen LogP contribution in [0.25, 0.3) is 0 Å². The molecule has 0 spiro atoms. The van der Waals surface area contributed by atoms with Crippen LogP contribution < -0.4 is 0 Å². The van der Waals surface area contributed by atoms with Crippen molar-refractivity contribution >= 4 is 0 Å². The summed E-state index contributed by atoms with van der Waals surface area (Å²) >= 11 is 0. The van der Waals surface area contributed by atoms with Gasteiger partial charge in [-0.2, -0.15) is 0 Å². The van der Waals surface area contributed by atoms with Gasteiger partial charge in [0, 0.05) is 0 Å². The molecule has 66 valence electrons. The maximum atomic E-state index is 9.09. The van der Waals surface area contributed by atoms with Crippen LogP contribution in [0, 0.1) is 0 Å². The minimum Gasteiger partial charge on any atom is -0.388 e. The van der Waals surface area contributed by atoms with Crippen molar-refractivity contribution in [3.05, 3.63) is 0 Å². The van der Waals surface area contributed by atoms with Gasteiger partial charge in [0.1, 0.15) is 18.3 Å². The van der Waals surface area contributed by atoms with E-state index in [4.69, 9.17) is 20.4 Å². The van der Waals surface area contributed by atoms with Crippen molar-refractivity contribution in [1.29, 1.82) is 0 Å². The summed E-state index contributed by atoms with van der Waals surface area (Å²) in [7, 11) is 0. The number of aliphatic hydroxyl groups excluding tert-OH is 4. The number of rotatable bonds is 0. The number of aliphatic hydroxyl groups is 4. The first-order valence-electron chi connectivity index (χ1n) is 3.41. The van der Waals surface area contributed by atoms with Gasteiger partial charge in [-0.15, -0.1) is 0 Å². The van der Waals surface area contributed by atoms with Gasteiger partial charge in [-0.1, -0.05) is 0 Å². The standard InChI is InChI=1S/C6H12O5/c1-2-3(7)4(8)5(9)6(10)11-2/h2-10H,1H3/t2-,3+,4-,5+,6-/m0/s1. The minimum atomic E-state index is -1.43. The van der Waals surface area contributed by atoms with E-state index in [1.807, 2.05) is 0 Å². The Kier molecular flexibility index (Phi) is 2.46. The summed E-state index contributed by atoms with van der Waals surface area (Å²) in [5.41, 5.74) is 0. The average Bonchev–Trinajstić information content (AvgIpc) is 1.97. The molecule has 1 fully saturated rings. The van der Waals surface area contributed by atoms with Crippen LogP contribution in [0.1, 0.15) is 6.92 Å². The SMILES string of the molecule is C[C@@H]1O[C@H](O)[C@H](O)[C@@H](O)[C@@H]1O. The molecule has 0 amide bonds. The molecule has 0 radical (unpaired) electrons. The molecule has 4 N–H and O–H groups in total. The normalized spacial score (nSPS) is 52.6. The molecular formula is C6H12O5. The number of ether oxygens (including phenoxy) is 1. The van der Waals surface area contributed by atoms with Crippen LogP contribution in [0.5, 0.6) is 0 Å². The van der Waals surface area contributed by atoms with Crippen molar-refractivity contribution < 1.29 is 25.2 Å². The predicted molar refractivity (Wildman–Crippen MR) is 34.6 cm³/mol. The molecule has 1 heterocycles. The molecule has 0 aromatic rings. The second kappa shape index (κ2) is 3.04. The van der Waals surface area contributed by atoms with Crippen LogP contribution in [0.4, 0.5) is 0 Å². The first-order chi connectivity index (χ1) is 5.04. The first-order valence-corrected chi connectivity index (χ1v) is 3.41. The lowest BCUT2D eigenvalue weighted by Gasteiger charge is -2.36. The van der Waals surface area contributed by atoms with Crippen LogP contribution in [0.3, 0.4) is 0 Å². The Hall–Kier alpha value is -0.200. The van der Waals surface area contributed by atoms with Gasteiger partial charge < -0.3 is 25.2 Å². The van der Waals surface area contributed by atoms with E-state index in [1.54, 1.807) is 0 Å². The molecule has 1 aliphatic heterocycles. The Morgan fingerprint density at radius 2 is 1.45 bits per heavy atom. The van der Waals surface area contributed by atoms with Gasteiger partial charge in [0.15, 0.2) is 6.29 Å². The average molecular weight is 164 g/mol. The second-order valence-corrected chi connectivity index (χ2v) is 2.70. The summed E-state index contributed by atoms with van der Waals surface area (Å²) < 4.78 is 4.68. The van der Waals surface area contributed by atoms with Crippen LogP contribution in [0.15, 0.2) is 0 Å². The number of hydrogen-bond donors (Lipinski definition) is 4. The highest BCUT2D eigenvalue weighted by Gasteiger charge is 2.40. The predicted octanol–water partition coefficient (Wildman–Crippen LogP) is -2.19. The largest absolute Gasteiger partial charge is 0.388 e. The molecule has 0 aromatic carbocycles. The third-order valence-corrected chi connectivity index (χ3v) is 1.83. The summed E-state index contributed by atoms with van der Waals surface area (Å²) in [4.78, 5) is 0. The lowest BCUT2D eigenvalue weighted by Crippen LogP contribution is -2.56. The molecule has 0 unspecified atom stereocenters. The van der Waals surface area contributed by atoms with E-state index in [-0.39, 0.29) is 0 Å². The third-order valence-electron chi connectivity index (χ3n) is 1.83. The molecule has 0 bridgehead atoms. The minimum absolute atomic E-state index is 0.664. The van der Waals surface area contributed by atoms with Gasteiger partial charge in [-0.25, -0.2) is 0 Å². The lowest BCUT2D eigenvalue weighted by atomic mass is 10.0. The van der Waals surface area contributed by atoms with E-state index in [0.717, 1.165) is 0 Å². The summed E-state index contributed by atoms with van der Waals surface area (Å²) in [5, 5.41) is 36.0. The van der Waals surface area contributed by atoms with Gasteiger partial charge in [-0.05, 0) is 6.92 Å². The highest BCUT2D eigenvalue weighted by Crippen LogP contribution is 2.18. The zero-order chi connectivity index (χ0) is 8.59. The van der Waals surface area contributed by atoms with E-state index < -0.39 is 30.7 Å². The third kappa shape index (κ3) is 1.52. The number of hydrogen-bond acceptors (Lipinski definition) is 5. The Morgan fingerprint density at radius 3 is 2.00 bits per heavy atom. The Labute approximate surface area is 63.8 Å². The summed E-state index contributed by atoms with van der Waals surface area (Å²) in [5.74, 6) is 0. The lowest BCUT2D eigenvalue weighted by molar-refractivity contribution is -0.277. The van der Waals surface area contributed by atoms with Gasteiger partial charge >= 0.3 is 0 Å². The van der Waals surface area contributed by atoms with Gasteiger partial charge in [0.25, 0.3) is 0 Å². The zero-order valence-electron chi connectivity index (χ0n) is 6.08. The fourth-order valence-corrected chi connectivity index (χ4v) is 1.03. The van der Waals surface area contributed by atoms with E-state index in [2.05, 4.69) is 4.74 Å². The molecule has 0 aromatic heterocycles. The van der Waals surface area contributed by atoms with Crippen molar-refractivity contribution in [1.82, 2.24) is 0 Å². The fraction of sp³-hybridized carbons (Fsp3) is 1.00. The monoisotopic (exact) mass is 164 g/mol. The highest BCUT2D eigenvalue weighted by atomic mass is 16.6. The van der Waals surface area contributed by atoms with Crippen molar-refractivity contribution in [3.63, 3.8) is 0 Å². The molecule has 5 nitrogen and oxygen atoms in total. The fourth-order valence-electron chi connectivity index (χ4n) is 1.03. The van der Waals surface area contributed by atoms with Gasteiger partial charge in [0.2, 0.25) is 0 Å². The van der Waals surface area contributed by atoms with Gasteiger partial charge in [-0.3, -0.25) is 0 Å². The van der Waals surface area contributed by atoms with Crippen molar-refractivity contribution in [3.8, 4) is 0 Å². The Bertz CT molecular complexity index is 125. The van der Waals surface area contributed by atoms with E-state index in [1.165, 1.54) is 6.92 Å². The Balaban J connectivity index is 2.63. The summed E-state index contributed by atoms with van der Waals surface area (Å²) in [6.07, 6.45) is -5.99. The molecule has 0 aliphatic carbocycles. The molecule has 0 saturated carbocycles. The summed E-state index contributed by atoms with van der Waals surface area (Å²) in [6, 6.07) is 0. The quantitative estimate of drug-likeness (QED) is 0.326. The smallest absolute Gasteiger partial charge is 0.183 e.